The van der Waals surface area contributed by atoms with Crippen LogP contribution in [0.4, 0.5) is 11.4 Å². The second kappa shape index (κ2) is 4.23. The highest BCUT2D eigenvalue weighted by atomic mass is 35.5. The molecule has 0 N–H and O–H groups in total. The zero-order valence-electron chi connectivity index (χ0n) is 9.05. The summed E-state index contributed by atoms with van der Waals surface area (Å²) in [4.78, 5) is 34.5. The van der Waals surface area contributed by atoms with Gasteiger partial charge in [-0.05, 0) is 6.07 Å². The number of hydrogen-bond acceptors (Lipinski definition) is 4. The molecule has 92 valence electrons. The summed E-state index contributed by atoms with van der Waals surface area (Å²) >= 11 is 5.61. The maximum atomic E-state index is 11.7. The van der Waals surface area contributed by atoms with Crippen LogP contribution in [0, 0.1) is 10.1 Å². The Morgan fingerprint density at radius 2 is 2.11 bits per heavy atom. The van der Waals surface area contributed by atoms with Crippen molar-refractivity contribution in [2.75, 3.05) is 11.4 Å². The van der Waals surface area contributed by atoms with Gasteiger partial charge in [-0.2, -0.15) is 0 Å². The monoisotopic (exact) mass is 266 g/mol. The van der Waals surface area contributed by atoms with Crippen LogP contribution in [0.15, 0.2) is 29.8 Å². The maximum absolute atomic E-state index is 11.7. The summed E-state index contributed by atoms with van der Waals surface area (Å²) in [6.07, 6.45) is 0. The van der Waals surface area contributed by atoms with Gasteiger partial charge in [-0.15, -0.1) is 0 Å². The minimum absolute atomic E-state index is 0.00304. The first kappa shape index (κ1) is 12.3. The summed E-state index contributed by atoms with van der Waals surface area (Å²) in [6.45, 7) is 3.45. The van der Waals surface area contributed by atoms with Crippen molar-refractivity contribution in [1.29, 1.82) is 0 Å². The Morgan fingerprint density at radius 3 is 2.67 bits per heavy atom. The predicted octanol–water partition coefficient (Wildman–Crippen LogP) is 1.88. The molecule has 0 spiro atoms. The number of carbonyl (C=O) groups excluding carboxylic acids is 2. The van der Waals surface area contributed by atoms with Crippen LogP contribution in [0.1, 0.15) is 10.4 Å². The van der Waals surface area contributed by atoms with Gasteiger partial charge in [0, 0.05) is 17.2 Å². The number of amides is 1. The zero-order valence-corrected chi connectivity index (χ0v) is 9.81. The number of nitro groups is 1. The molecule has 0 bridgehead atoms. The van der Waals surface area contributed by atoms with E-state index in [0.717, 1.165) is 11.0 Å². The van der Waals surface area contributed by atoms with Gasteiger partial charge >= 0.3 is 0 Å². The van der Waals surface area contributed by atoms with Gasteiger partial charge in [0.25, 0.3) is 17.4 Å². The molecule has 7 heteroatoms. The number of rotatable bonds is 3. The summed E-state index contributed by atoms with van der Waals surface area (Å²) in [5, 5.41) is 10.8. The molecule has 0 radical (unpaired) electrons. The fraction of sp³-hybridized carbons (Fsp3) is 0.0909. The lowest BCUT2D eigenvalue weighted by Gasteiger charge is -2.14. The SMILES string of the molecule is C=C(Cl)CN1C(=O)C(=O)c2cc([N+](=O)[O-])ccc21. The Hall–Kier alpha value is -2.21. The van der Waals surface area contributed by atoms with E-state index < -0.39 is 16.6 Å². The molecular formula is C11H7ClN2O4. The third-order valence-electron chi connectivity index (χ3n) is 2.50. The number of anilines is 1. The normalized spacial score (nSPS) is 13.7. The lowest BCUT2D eigenvalue weighted by molar-refractivity contribution is -0.384. The number of nitro benzene ring substituents is 1. The second-order valence-electron chi connectivity index (χ2n) is 3.70. The third-order valence-corrected chi connectivity index (χ3v) is 2.61. The van der Waals surface area contributed by atoms with Crippen molar-refractivity contribution < 1.29 is 14.5 Å². The number of hydrogen-bond donors (Lipinski definition) is 0. The van der Waals surface area contributed by atoms with E-state index in [-0.39, 0.29) is 22.8 Å². The van der Waals surface area contributed by atoms with Gasteiger partial charge < -0.3 is 0 Å². The summed E-state index contributed by atoms with van der Waals surface area (Å²) in [5.41, 5.74) is 0.103. The minimum Gasteiger partial charge on any atom is -0.299 e. The molecule has 0 aliphatic carbocycles. The average Bonchev–Trinajstić information content (AvgIpc) is 2.54. The van der Waals surface area contributed by atoms with Crippen molar-refractivity contribution in [3.63, 3.8) is 0 Å². The highest BCUT2D eigenvalue weighted by Gasteiger charge is 2.36. The molecule has 0 saturated carbocycles. The number of fused-ring (bicyclic) bond motifs is 1. The van der Waals surface area contributed by atoms with E-state index in [1.807, 2.05) is 0 Å². The minimum atomic E-state index is -0.772. The maximum Gasteiger partial charge on any atom is 0.299 e. The van der Waals surface area contributed by atoms with E-state index in [2.05, 4.69) is 6.58 Å². The summed E-state index contributed by atoms with van der Waals surface area (Å²) < 4.78 is 0. The van der Waals surface area contributed by atoms with E-state index in [1.54, 1.807) is 0 Å². The molecule has 0 unspecified atom stereocenters. The highest BCUT2D eigenvalue weighted by Crippen LogP contribution is 2.32. The molecule has 1 aliphatic rings. The molecule has 0 aromatic heterocycles. The lowest BCUT2D eigenvalue weighted by atomic mass is 10.1. The Bertz CT molecular complexity index is 597. The average molecular weight is 267 g/mol. The van der Waals surface area contributed by atoms with Crippen LogP contribution in [-0.2, 0) is 4.79 Å². The van der Waals surface area contributed by atoms with Crippen LogP contribution in [0.2, 0.25) is 0 Å². The summed E-state index contributed by atoms with van der Waals surface area (Å²) in [6, 6.07) is 3.68. The topological polar surface area (TPSA) is 80.5 Å². The zero-order chi connectivity index (χ0) is 13.4. The second-order valence-corrected chi connectivity index (χ2v) is 4.23. The van der Waals surface area contributed by atoms with Gasteiger partial charge in [0.1, 0.15) is 0 Å². The molecule has 2 rings (SSSR count). The number of non-ortho nitro benzene ring substituents is 1. The van der Waals surface area contributed by atoms with E-state index in [0.29, 0.717) is 5.69 Å². The Balaban J connectivity index is 2.51. The van der Waals surface area contributed by atoms with Crippen LogP contribution in [0.5, 0.6) is 0 Å². The van der Waals surface area contributed by atoms with Crippen molar-refractivity contribution in [3.05, 3.63) is 45.5 Å². The predicted molar refractivity (Wildman–Crippen MR) is 64.8 cm³/mol. The molecule has 1 heterocycles. The van der Waals surface area contributed by atoms with Gasteiger partial charge in [-0.3, -0.25) is 24.6 Å². The Labute approximate surface area is 107 Å². The first-order valence-electron chi connectivity index (χ1n) is 4.89. The number of benzene rings is 1. The van der Waals surface area contributed by atoms with Crippen LogP contribution >= 0.6 is 11.6 Å². The van der Waals surface area contributed by atoms with E-state index in [4.69, 9.17) is 11.6 Å². The largest absolute Gasteiger partial charge is 0.299 e. The van der Waals surface area contributed by atoms with Gasteiger partial charge in [-0.25, -0.2) is 0 Å². The van der Waals surface area contributed by atoms with Crippen LogP contribution in [0.25, 0.3) is 0 Å². The third kappa shape index (κ3) is 1.86. The van der Waals surface area contributed by atoms with Crippen molar-refractivity contribution >= 4 is 34.7 Å². The fourth-order valence-corrected chi connectivity index (χ4v) is 1.85. The molecule has 1 aliphatic heterocycles. The van der Waals surface area contributed by atoms with E-state index in [9.17, 15) is 19.7 Å². The van der Waals surface area contributed by atoms with Crippen molar-refractivity contribution in [3.8, 4) is 0 Å². The van der Waals surface area contributed by atoms with Gasteiger partial charge in [0.05, 0.1) is 22.7 Å². The number of nitrogens with zero attached hydrogens (tertiary/aromatic N) is 2. The van der Waals surface area contributed by atoms with E-state index in [1.165, 1.54) is 12.1 Å². The number of carbonyl (C=O) groups is 2. The Kier molecular flexibility index (Phi) is 2.88. The molecule has 18 heavy (non-hydrogen) atoms. The Morgan fingerprint density at radius 1 is 1.44 bits per heavy atom. The molecule has 1 aromatic rings. The molecular weight excluding hydrogens is 260 g/mol. The molecule has 0 saturated heterocycles. The molecule has 0 fully saturated rings. The quantitative estimate of drug-likeness (QED) is 0.475. The highest BCUT2D eigenvalue weighted by molar-refractivity contribution is 6.52. The van der Waals surface area contributed by atoms with Gasteiger partial charge in [0.2, 0.25) is 0 Å². The van der Waals surface area contributed by atoms with Crippen molar-refractivity contribution in [2.45, 2.75) is 0 Å². The smallest absolute Gasteiger partial charge is 0.299 e. The first-order chi connectivity index (χ1) is 8.41. The summed E-state index contributed by atoms with van der Waals surface area (Å²) in [7, 11) is 0. The fourth-order valence-electron chi connectivity index (χ4n) is 1.73. The number of Topliss-reactive ketones (excluding diaryl/α,β-unsaturated/α-hetero) is 1. The van der Waals surface area contributed by atoms with Crippen LogP contribution in [-0.4, -0.2) is 23.2 Å². The molecule has 1 amide bonds. The molecule has 0 atom stereocenters. The van der Waals surface area contributed by atoms with Crippen molar-refractivity contribution in [2.24, 2.45) is 0 Å². The molecule has 1 aromatic carbocycles. The van der Waals surface area contributed by atoms with Gasteiger partial charge in [0.15, 0.2) is 0 Å². The summed E-state index contributed by atoms with van der Waals surface area (Å²) in [5.74, 6) is -1.53. The van der Waals surface area contributed by atoms with Crippen LogP contribution < -0.4 is 4.90 Å². The van der Waals surface area contributed by atoms with Crippen molar-refractivity contribution in [1.82, 2.24) is 0 Å². The van der Waals surface area contributed by atoms with Gasteiger partial charge in [-0.1, -0.05) is 18.2 Å². The molecule has 6 nitrogen and oxygen atoms in total. The van der Waals surface area contributed by atoms with E-state index >= 15 is 0 Å². The number of ketones is 1. The van der Waals surface area contributed by atoms with Crippen LogP contribution in [0.3, 0.4) is 0 Å². The number of halogens is 1. The standard InChI is InChI=1S/C11H7ClN2O4/c1-6(12)5-13-9-3-2-7(14(17)18)4-8(9)10(15)11(13)16/h2-4H,1,5H2. The first-order valence-corrected chi connectivity index (χ1v) is 5.27. The lowest BCUT2D eigenvalue weighted by Crippen LogP contribution is -2.30.